The van der Waals surface area contributed by atoms with E-state index in [1.807, 2.05) is 54.6 Å². The highest BCUT2D eigenvalue weighted by Crippen LogP contribution is 2.12. The number of rotatable bonds is 8. The SMILES string of the molecule is COCc1cccc(C(=O)NCC(Nc2ccccc2)C(C)C)c1. The monoisotopic (exact) mass is 326 g/mol. The van der Waals surface area contributed by atoms with Gasteiger partial charge in [0.15, 0.2) is 0 Å². The lowest BCUT2D eigenvalue weighted by molar-refractivity contribution is 0.0950. The van der Waals surface area contributed by atoms with Crippen molar-refractivity contribution in [1.29, 1.82) is 0 Å². The largest absolute Gasteiger partial charge is 0.380 e. The summed E-state index contributed by atoms with van der Waals surface area (Å²) < 4.78 is 5.12. The van der Waals surface area contributed by atoms with Gasteiger partial charge in [-0.05, 0) is 35.7 Å². The highest BCUT2D eigenvalue weighted by atomic mass is 16.5. The standard InChI is InChI=1S/C20H26N2O2/c1-15(2)19(22-18-10-5-4-6-11-18)13-21-20(23)17-9-7-8-16(12-17)14-24-3/h4-12,15,19,22H,13-14H2,1-3H3,(H,21,23). The van der Waals surface area contributed by atoms with E-state index in [1.165, 1.54) is 0 Å². The zero-order valence-electron chi connectivity index (χ0n) is 14.6. The van der Waals surface area contributed by atoms with Gasteiger partial charge in [0.1, 0.15) is 0 Å². The molecule has 1 atom stereocenters. The van der Waals surface area contributed by atoms with E-state index >= 15 is 0 Å². The number of hydrogen-bond donors (Lipinski definition) is 2. The number of nitrogens with one attached hydrogen (secondary N) is 2. The van der Waals surface area contributed by atoms with E-state index in [-0.39, 0.29) is 11.9 Å². The van der Waals surface area contributed by atoms with Crippen LogP contribution in [-0.2, 0) is 11.3 Å². The maximum absolute atomic E-state index is 12.4. The van der Waals surface area contributed by atoms with Gasteiger partial charge in [-0.2, -0.15) is 0 Å². The van der Waals surface area contributed by atoms with Gasteiger partial charge < -0.3 is 15.4 Å². The second-order valence-electron chi connectivity index (χ2n) is 6.20. The van der Waals surface area contributed by atoms with E-state index < -0.39 is 0 Å². The van der Waals surface area contributed by atoms with Crippen LogP contribution in [0.4, 0.5) is 5.69 Å². The minimum Gasteiger partial charge on any atom is -0.380 e. The number of ether oxygens (including phenoxy) is 1. The third-order valence-corrected chi connectivity index (χ3v) is 3.91. The minimum atomic E-state index is -0.0616. The predicted molar refractivity (Wildman–Crippen MR) is 98.2 cm³/mol. The fourth-order valence-corrected chi connectivity index (χ4v) is 2.48. The third-order valence-electron chi connectivity index (χ3n) is 3.91. The molecule has 0 bridgehead atoms. The number of hydrogen-bond acceptors (Lipinski definition) is 3. The maximum Gasteiger partial charge on any atom is 0.251 e. The molecule has 4 heteroatoms. The lowest BCUT2D eigenvalue weighted by Crippen LogP contribution is -2.39. The van der Waals surface area contributed by atoms with Crippen LogP contribution < -0.4 is 10.6 Å². The molecular weight excluding hydrogens is 300 g/mol. The van der Waals surface area contributed by atoms with Gasteiger partial charge in [-0.25, -0.2) is 0 Å². The van der Waals surface area contributed by atoms with Crippen molar-refractivity contribution in [2.75, 3.05) is 19.0 Å². The zero-order chi connectivity index (χ0) is 17.4. The first-order chi connectivity index (χ1) is 11.6. The Morgan fingerprint density at radius 1 is 1.08 bits per heavy atom. The van der Waals surface area contributed by atoms with Crippen LogP contribution in [-0.4, -0.2) is 25.6 Å². The van der Waals surface area contributed by atoms with Gasteiger partial charge in [0.05, 0.1) is 6.61 Å². The number of carbonyl (C=O) groups excluding carboxylic acids is 1. The maximum atomic E-state index is 12.4. The number of benzene rings is 2. The Hall–Kier alpha value is -2.33. The molecule has 0 aliphatic carbocycles. The van der Waals surface area contributed by atoms with E-state index in [1.54, 1.807) is 7.11 Å². The fourth-order valence-electron chi connectivity index (χ4n) is 2.48. The Balaban J connectivity index is 1.96. The van der Waals surface area contributed by atoms with Crippen molar-refractivity contribution in [2.24, 2.45) is 5.92 Å². The smallest absolute Gasteiger partial charge is 0.251 e. The normalized spacial score (nSPS) is 12.0. The molecule has 0 aliphatic rings. The lowest BCUT2D eigenvalue weighted by atomic mass is 10.0. The predicted octanol–water partition coefficient (Wildman–Crippen LogP) is 3.70. The van der Waals surface area contributed by atoms with E-state index in [2.05, 4.69) is 24.5 Å². The third kappa shape index (κ3) is 5.39. The van der Waals surface area contributed by atoms with Gasteiger partial charge >= 0.3 is 0 Å². The first-order valence-corrected chi connectivity index (χ1v) is 8.28. The quantitative estimate of drug-likeness (QED) is 0.778. The molecule has 0 aliphatic heterocycles. The summed E-state index contributed by atoms with van der Waals surface area (Å²) in [5.74, 6) is 0.332. The van der Waals surface area contributed by atoms with E-state index in [0.29, 0.717) is 24.6 Å². The first kappa shape index (κ1) is 18.0. The molecule has 2 aromatic carbocycles. The van der Waals surface area contributed by atoms with Crippen LogP contribution in [0.3, 0.4) is 0 Å². The summed E-state index contributed by atoms with van der Waals surface area (Å²) in [5.41, 5.74) is 2.72. The summed E-state index contributed by atoms with van der Waals surface area (Å²) >= 11 is 0. The van der Waals surface area contributed by atoms with Crippen molar-refractivity contribution < 1.29 is 9.53 Å². The summed E-state index contributed by atoms with van der Waals surface area (Å²) in [6, 6.07) is 17.7. The molecule has 2 rings (SSSR count). The van der Waals surface area contributed by atoms with Crippen molar-refractivity contribution in [2.45, 2.75) is 26.5 Å². The molecular formula is C20H26N2O2. The van der Waals surface area contributed by atoms with Gasteiger partial charge in [0.2, 0.25) is 0 Å². The molecule has 1 amide bonds. The molecule has 2 N–H and O–H groups in total. The summed E-state index contributed by atoms with van der Waals surface area (Å²) in [4.78, 5) is 12.4. The molecule has 0 saturated carbocycles. The van der Waals surface area contributed by atoms with Crippen LogP contribution >= 0.6 is 0 Å². The van der Waals surface area contributed by atoms with Gasteiger partial charge in [0.25, 0.3) is 5.91 Å². The Kier molecular flexibility index (Phi) is 6.82. The van der Waals surface area contributed by atoms with Crippen LogP contribution in [0.15, 0.2) is 54.6 Å². The van der Waals surface area contributed by atoms with Gasteiger partial charge in [-0.15, -0.1) is 0 Å². The molecule has 2 aromatic rings. The first-order valence-electron chi connectivity index (χ1n) is 8.28. The van der Waals surface area contributed by atoms with Gasteiger partial charge in [-0.3, -0.25) is 4.79 Å². The summed E-state index contributed by atoms with van der Waals surface area (Å²) in [7, 11) is 1.65. The van der Waals surface area contributed by atoms with Crippen molar-refractivity contribution >= 4 is 11.6 Å². The van der Waals surface area contributed by atoms with Crippen molar-refractivity contribution in [3.63, 3.8) is 0 Å². The topological polar surface area (TPSA) is 50.4 Å². The van der Waals surface area contributed by atoms with Gasteiger partial charge in [-0.1, -0.05) is 44.2 Å². The molecule has 1 unspecified atom stereocenters. The second-order valence-corrected chi connectivity index (χ2v) is 6.20. The van der Waals surface area contributed by atoms with Crippen LogP contribution in [0.1, 0.15) is 29.8 Å². The highest BCUT2D eigenvalue weighted by Gasteiger charge is 2.15. The van der Waals surface area contributed by atoms with E-state index in [4.69, 9.17) is 4.74 Å². The van der Waals surface area contributed by atoms with Crippen LogP contribution in [0.5, 0.6) is 0 Å². The van der Waals surface area contributed by atoms with Gasteiger partial charge in [0, 0.05) is 30.9 Å². The number of carbonyl (C=O) groups is 1. The molecule has 24 heavy (non-hydrogen) atoms. The van der Waals surface area contributed by atoms with Crippen LogP contribution in [0, 0.1) is 5.92 Å². The Labute approximate surface area is 144 Å². The van der Waals surface area contributed by atoms with Crippen molar-refractivity contribution in [3.8, 4) is 0 Å². The van der Waals surface area contributed by atoms with Crippen LogP contribution in [0.2, 0.25) is 0 Å². The molecule has 128 valence electrons. The van der Waals surface area contributed by atoms with Crippen LogP contribution in [0.25, 0.3) is 0 Å². The Bertz CT molecular complexity index is 641. The van der Waals surface area contributed by atoms with Crippen molar-refractivity contribution in [3.05, 3.63) is 65.7 Å². The van der Waals surface area contributed by atoms with E-state index in [9.17, 15) is 4.79 Å². The molecule has 0 fully saturated rings. The minimum absolute atomic E-state index is 0.0616. The Morgan fingerprint density at radius 2 is 1.83 bits per heavy atom. The van der Waals surface area contributed by atoms with E-state index in [0.717, 1.165) is 11.3 Å². The number of methoxy groups -OCH3 is 1. The van der Waals surface area contributed by atoms with Crippen molar-refractivity contribution in [1.82, 2.24) is 5.32 Å². The highest BCUT2D eigenvalue weighted by molar-refractivity contribution is 5.94. The molecule has 0 spiro atoms. The fraction of sp³-hybridized carbons (Fsp3) is 0.350. The average Bonchev–Trinajstić information content (AvgIpc) is 2.59. The molecule has 0 heterocycles. The average molecular weight is 326 g/mol. The number of para-hydroxylation sites is 1. The lowest BCUT2D eigenvalue weighted by Gasteiger charge is -2.24. The molecule has 0 radical (unpaired) electrons. The molecule has 0 saturated heterocycles. The molecule has 4 nitrogen and oxygen atoms in total. The Morgan fingerprint density at radius 3 is 2.50 bits per heavy atom. The zero-order valence-corrected chi connectivity index (χ0v) is 14.6. The summed E-state index contributed by atoms with van der Waals surface area (Å²) in [6.07, 6.45) is 0. The second kappa shape index (κ2) is 9.08. The summed E-state index contributed by atoms with van der Waals surface area (Å²) in [5, 5.41) is 6.51. The number of anilines is 1. The number of amides is 1. The molecule has 0 aromatic heterocycles. The summed E-state index contributed by atoms with van der Waals surface area (Å²) in [6.45, 7) is 5.36.